The summed E-state index contributed by atoms with van der Waals surface area (Å²) in [6.07, 6.45) is 14.7. The van der Waals surface area contributed by atoms with Crippen LogP contribution in [-0.4, -0.2) is 31.4 Å². The van der Waals surface area contributed by atoms with E-state index in [0.717, 1.165) is 25.7 Å². The Morgan fingerprint density at radius 3 is 2.00 bits per heavy atom. The van der Waals surface area contributed by atoms with E-state index < -0.39 is 19.2 Å². The van der Waals surface area contributed by atoms with E-state index in [0.29, 0.717) is 0 Å². The highest BCUT2D eigenvalue weighted by atomic mass is 31.2. The molecule has 178 valence electrons. The number of carbonyl (C=O) groups excluding carboxylic acids is 1. The van der Waals surface area contributed by atoms with Gasteiger partial charge in [0.25, 0.3) is 0 Å². The minimum atomic E-state index is -3.58. The Bertz CT molecular complexity index is 674. The fraction of sp³-hybridized carbons (Fsp3) is 0.640. The lowest BCUT2D eigenvalue weighted by Gasteiger charge is -2.23. The Labute approximate surface area is 190 Å². The molecule has 0 saturated heterocycles. The molecule has 0 heterocycles. The average molecular weight is 455 g/mol. The Kier molecular flexibility index (Phi) is 16.4. The third-order valence-electron chi connectivity index (χ3n) is 4.56. The van der Waals surface area contributed by atoms with Crippen molar-refractivity contribution < 1.29 is 23.1 Å². The summed E-state index contributed by atoms with van der Waals surface area (Å²) in [5.41, 5.74) is 3.07. The minimum Gasteiger partial charge on any atom is -0.465 e. The monoisotopic (exact) mass is 454 g/mol. The topological polar surface area (TPSA) is 61.8 Å². The van der Waals surface area contributed by atoms with Crippen molar-refractivity contribution in [2.45, 2.75) is 86.2 Å². The molecule has 0 spiro atoms. The number of ether oxygens (including phenoxy) is 1. The summed E-state index contributed by atoms with van der Waals surface area (Å²) >= 11 is 0. The molecule has 0 rings (SSSR count). The summed E-state index contributed by atoms with van der Waals surface area (Å²) in [7, 11) is -3.58. The van der Waals surface area contributed by atoms with Gasteiger partial charge in [0, 0.05) is 0 Å². The van der Waals surface area contributed by atoms with Gasteiger partial charge in [-0.05, 0) is 80.6 Å². The molecule has 1 atom stereocenters. The molecule has 0 fully saturated rings. The van der Waals surface area contributed by atoms with Crippen LogP contribution in [0.25, 0.3) is 0 Å². The zero-order chi connectivity index (χ0) is 23.7. The van der Waals surface area contributed by atoms with Gasteiger partial charge in [-0.2, -0.15) is 0 Å². The molecule has 0 aromatic carbocycles. The summed E-state index contributed by atoms with van der Waals surface area (Å²) in [4.78, 5) is 12.4. The molecule has 31 heavy (non-hydrogen) atoms. The normalized spacial score (nSPS) is 14.0. The third kappa shape index (κ3) is 13.6. The summed E-state index contributed by atoms with van der Waals surface area (Å²) < 4.78 is 28.9. The second kappa shape index (κ2) is 17.2. The number of hydrogen-bond donors (Lipinski definition) is 0. The van der Waals surface area contributed by atoms with Crippen LogP contribution < -0.4 is 0 Å². The van der Waals surface area contributed by atoms with Crippen molar-refractivity contribution >= 4 is 13.6 Å². The summed E-state index contributed by atoms with van der Waals surface area (Å²) in [6, 6.07) is 0. The van der Waals surface area contributed by atoms with Crippen LogP contribution in [0.1, 0.15) is 80.6 Å². The first-order valence-electron chi connectivity index (χ1n) is 11.4. The van der Waals surface area contributed by atoms with Gasteiger partial charge in [-0.25, -0.2) is 0 Å². The van der Waals surface area contributed by atoms with Gasteiger partial charge in [-0.15, -0.1) is 0 Å². The molecule has 0 bridgehead atoms. The van der Waals surface area contributed by atoms with Gasteiger partial charge in [-0.3, -0.25) is 9.36 Å². The van der Waals surface area contributed by atoms with Crippen molar-refractivity contribution in [2.75, 3.05) is 19.8 Å². The summed E-state index contributed by atoms with van der Waals surface area (Å²) in [5, 5.41) is 0. The lowest BCUT2D eigenvalue weighted by atomic mass is 10.1. The number of esters is 1. The third-order valence-corrected chi connectivity index (χ3v) is 6.98. The smallest absolute Gasteiger partial charge is 0.345 e. The lowest BCUT2D eigenvalue weighted by molar-refractivity contribution is -0.143. The molecule has 0 N–H and O–H groups in total. The average Bonchev–Trinajstić information content (AvgIpc) is 2.68. The minimum absolute atomic E-state index is 0.206. The molecule has 0 amide bonds. The first kappa shape index (κ1) is 29.6. The zero-order valence-electron chi connectivity index (χ0n) is 20.6. The molecular formula is C25H43O5P. The molecule has 0 aliphatic heterocycles. The standard InChI is InChI=1S/C25H43O5P/c1-8-28-25(26)24(31(27,29-9-2)30-10-3)20-12-11-16-22(6)18-14-19-23(7)17-13-15-21(4)5/h11-12,15-16,19,24H,8-10,13-14,17-18,20H2,1-7H3/b12-11+,22-16+,23-19+. The van der Waals surface area contributed by atoms with E-state index in [4.69, 9.17) is 13.8 Å². The quantitative estimate of drug-likeness (QED) is 0.104. The van der Waals surface area contributed by atoms with Gasteiger partial charge < -0.3 is 13.8 Å². The highest BCUT2D eigenvalue weighted by Crippen LogP contribution is 2.54. The molecular weight excluding hydrogens is 411 g/mol. The second-order valence-electron chi connectivity index (χ2n) is 7.73. The van der Waals surface area contributed by atoms with E-state index in [1.54, 1.807) is 20.8 Å². The zero-order valence-corrected chi connectivity index (χ0v) is 21.5. The molecule has 0 aromatic rings. The van der Waals surface area contributed by atoms with Crippen LogP contribution in [0, 0.1) is 0 Å². The molecule has 0 aliphatic carbocycles. The van der Waals surface area contributed by atoms with Gasteiger partial charge in [0.2, 0.25) is 0 Å². The van der Waals surface area contributed by atoms with Crippen LogP contribution in [-0.2, 0) is 23.1 Å². The Morgan fingerprint density at radius 1 is 0.871 bits per heavy atom. The van der Waals surface area contributed by atoms with Crippen molar-refractivity contribution in [3.8, 4) is 0 Å². The highest BCUT2D eigenvalue weighted by molar-refractivity contribution is 7.55. The molecule has 0 aromatic heterocycles. The van der Waals surface area contributed by atoms with E-state index in [2.05, 4.69) is 39.8 Å². The fourth-order valence-corrected chi connectivity index (χ4v) is 4.80. The summed E-state index contributed by atoms with van der Waals surface area (Å²) in [6.45, 7) is 14.3. The van der Waals surface area contributed by atoms with Crippen LogP contribution in [0.4, 0.5) is 0 Å². The van der Waals surface area contributed by atoms with E-state index in [9.17, 15) is 9.36 Å². The maximum Gasteiger partial charge on any atom is 0.345 e. The van der Waals surface area contributed by atoms with E-state index >= 15 is 0 Å². The van der Waals surface area contributed by atoms with Crippen LogP contribution in [0.2, 0.25) is 0 Å². The molecule has 5 nitrogen and oxygen atoms in total. The maximum atomic E-state index is 13.1. The highest BCUT2D eigenvalue weighted by Gasteiger charge is 2.41. The first-order chi connectivity index (χ1) is 14.7. The van der Waals surface area contributed by atoms with Gasteiger partial charge in [-0.1, -0.05) is 47.1 Å². The van der Waals surface area contributed by atoms with Crippen molar-refractivity contribution in [3.05, 3.63) is 47.1 Å². The van der Waals surface area contributed by atoms with Crippen LogP contribution in [0.5, 0.6) is 0 Å². The number of hydrogen-bond acceptors (Lipinski definition) is 5. The predicted molar refractivity (Wildman–Crippen MR) is 130 cm³/mol. The van der Waals surface area contributed by atoms with Gasteiger partial charge in [0.05, 0.1) is 19.8 Å². The Balaban J connectivity index is 4.89. The van der Waals surface area contributed by atoms with Gasteiger partial charge >= 0.3 is 13.6 Å². The number of carbonyl (C=O) groups is 1. The first-order valence-corrected chi connectivity index (χ1v) is 13.0. The molecule has 0 aliphatic rings. The van der Waals surface area contributed by atoms with Crippen molar-refractivity contribution in [1.82, 2.24) is 0 Å². The number of rotatable bonds is 16. The SMILES string of the molecule is CCOC(=O)C(C/C=C/C=C(\C)CC/C=C(\C)CCC=C(C)C)P(=O)(OCC)OCC. The second-order valence-corrected chi connectivity index (χ2v) is 9.95. The Hall–Kier alpha value is -1.42. The van der Waals surface area contributed by atoms with Gasteiger partial charge in [0.15, 0.2) is 5.66 Å². The fourth-order valence-electron chi connectivity index (χ4n) is 2.93. The van der Waals surface area contributed by atoms with E-state index in [1.165, 1.54) is 16.7 Å². The predicted octanol–water partition coefficient (Wildman–Crippen LogP) is 7.55. The molecule has 1 unspecified atom stereocenters. The Morgan fingerprint density at radius 2 is 1.45 bits per heavy atom. The van der Waals surface area contributed by atoms with Crippen molar-refractivity contribution in [2.24, 2.45) is 0 Å². The van der Waals surface area contributed by atoms with Crippen LogP contribution in [0.15, 0.2) is 47.1 Å². The van der Waals surface area contributed by atoms with Gasteiger partial charge in [0.1, 0.15) is 0 Å². The van der Waals surface area contributed by atoms with Crippen LogP contribution in [0.3, 0.4) is 0 Å². The molecule has 6 heteroatoms. The van der Waals surface area contributed by atoms with Crippen LogP contribution >= 0.6 is 7.60 Å². The van der Waals surface area contributed by atoms with Crippen molar-refractivity contribution in [3.63, 3.8) is 0 Å². The number of allylic oxidation sites excluding steroid dienone is 8. The largest absolute Gasteiger partial charge is 0.465 e. The lowest BCUT2D eigenvalue weighted by Crippen LogP contribution is -2.25. The molecule has 0 saturated carbocycles. The summed E-state index contributed by atoms with van der Waals surface area (Å²) in [5.74, 6) is -0.549. The van der Waals surface area contributed by atoms with E-state index in [-0.39, 0.29) is 26.2 Å². The van der Waals surface area contributed by atoms with Crippen molar-refractivity contribution in [1.29, 1.82) is 0 Å². The van der Waals surface area contributed by atoms with E-state index in [1.807, 2.05) is 18.2 Å². The molecule has 0 radical (unpaired) electrons. The maximum absolute atomic E-state index is 13.1.